The van der Waals surface area contributed by atoms with Gasteiger partial charge in [-0.3, -0.25) is 0 Å². The smallest absolute Gasteiger partial charge is 0.0693 e. The van der Waals surface area contributed by atoms with Gasteiger partial charge in [-0.1, -0.05) is 25.3 Å². The molecule has 1 aliphatic rings. The van der Waals surface area contributed by atoms with Gasteiger partial charge in [0.25, 0.3) is 0 Å². The third-order valence-corrected chi connectivity index (χ3v) is 2.58. The van der Waals surface area contributed by atoms with Crippen LogP contribution < -0.4 is 0 Å². The van der Waals surface area contributed by atoms with Crippen molar-refractivity contribution in [3.8, 4) is 6.07 Å². The van der Waals surface area contributed by atoms with E-state index in [0.717, 1.165) is 19.3 Å². The van der Waals surface area contributed by atoms with Gasteiger partial charge in [0, 0.05) is 0 Å². The maximum Gasteiger partial charge on any atom is 0.0693 e. The van der Waals surface area contributed by atoms with E-state index in [4.69, 9.17) is 5.26 Å². The molecule has 0 radical (unpaired) electrons. The van der Waals surface area contributed by atoms with Crippen molar-refractivity contribution < 1.29 is 0 Å². The molecule has 0 spiro atoms. The molecule has 0 aromatic heterocycles. The van der Waals surface area contributed by atoms with Gasteiger partial charge in [0.1, 0.15) is 0 Å². The molecule has 1 aliphatic carbocycles. The Labute approximate surface area is 68.7 Å². The SMILES string of the molecule is C=CCC1(C#N)CCCCC1. The third kappa shape index (κ3) is 1.83. The number of nitrogens with zero attached hydrogens (tertiary/aromatic N) is 1. The third-order valence-electron chi connectivity index (χ3n) is 2.58. The molecule has 0 aliphatic heterocycles. The van der Waals surface area contributed by atoms with Crippen LogP contribution >= 0.6 is 0 Å². The lowest BCUT2D eigenvalue weighted by Gasteiger charge is -2.29. The summed E-state index contributed by atoms with van der Waals surface area (Å²) in [6, 6.07) is 2.45. The Morgan fingerprint density at radius 3 is 2.45 bits per heavy atom. The predicted octanol–water partition coefficient (Wildman–Crippen LogP) is 3.04. The summed E-state index contributed by atoms with van der Waals surface area (Å²) in [6.07, 6.45) is 8.67. The lowest BCUT2D eigenvalue weighted by molar-refractivity contribution is 0.271. The van der Waals surface area contributed by atoms with Crippen LogP contribution in [-0.2, 0) is 0 Å². The van der Waals surface area contributed by atoms with E-state index in [2.05, 4.69) is 12.6 Å². The van der Waals surface area contributed by atoms with Crippen molar-refractivity contribution in [3.63, 3.8) is 0 Å². The second-order valence-electron chi connectivity index (χ2n) is 3.45. The summed E-state index contributed by atoms with van der Waals surface area (Å²) in [5.74, 6) is 0. The predicted molar refractivity (Wildman–Crippen MR) is 45.9 cm³/mol. The summed E-state index contributed by atoms with van der Waals surface area (Å²) in [6.45, 7) is 3.70. The van der Waals surface area contributed by atoms with E-state index in [1.807, 2.05) is 6.08 Å². The molecule has 0 aromatic rings. The lowest BCUT2D eigenvalue weighted by Crippen LogP contribution is -2.20. The first-order valence-corrected chi connectivity index (χ1v) is 4.35. The minimum Gasteiger partial charge on any atom is -0.198 e. The van der Waals surface area contributed by atoms with E-state index >= 15 is 0 Å². The average Bonchev–Trinajstić information content (AvgIpc) is 2.07. The van der Waals surface area contributed by atoms with Gasteiger partial charge in [-0.25, -0.2) is 0 Å². The summed E-state index contributed by atoms with van der Waals surface area (Å²) in [4.78, 5) is 0. The van der Waals surface area contributed by atoms with Crippen LogP contribution in [-0.4, -0.2) is 0 Å². The van der Waals surface area contributed by atoms with Crippen molar-refractivity contribution in [1.82, 2.24) is 0 Å². The molecular formula is C10H15N. The minimum absolute atomic E-state index is 0.0417. The van der Waals surface area contributed by atoms with E-state index in [1.54, 1.807) is 0 Å². The van der Waals surface area contributed by atoms with Crippen LogP contribution in [0.1, 0.15) is 38.5 Å². The highest BCUT2D eigenvalue weighted by Gasteiger charge is 2.30. The Balaban J connectivity index is 2.58. The molecule has 0 saturated heterocycles. The summed E-state index contributed by atoms with van der Waals surface area (Å²) in [5.41, 5.74) is -0.0417. The van der Waals surface area contributed by atoms with Gasteiger partial charge in [0.15, 0.2) is 0 Å². The zero-order chi connectivity index (χ0) is 8.16. The summed E-state index contributed by atoms with van der Waals surface area (Å²) < 4.78 is 0. The maximum atomic E-state index is 8.97. The molecular weight excluding hydrogens is 134 g/mol. The van der Waals surface area contributed by atoms with Crippen LogP contribution in [0.5, 0.6) is 0 Å². The van der Waals surface area contributed by atoms with Crippen LogP contribution in [0.3, 0.4) is 0 Å². The first-order valence-electron chi connectivity index (χ1n) is 4.35. The molecule has 0 heterocycles. The van der Waals surface area contributed by atoms with E-state index in [9.17, 15) is 0 Å². The molecule has 0 aromatic carbocycles. The van der Waals surface area contributed by atoms with Gasteiger partial charge in [0.05, 0.1) is 11.5 Å². The topological polar surface area (TPSA) is 23.8 Å². The fraction of sp³-hybridized carbons (Fsp3) is 0.700. The summed E-state index contributed by atoms with van der Waals surface area (Å²) >= 11 is 0. The molecule has 1 nitrogen and oxygen atoms in total. The van der Waals surface area contributed by atoms with Crippen LogP contribution in [0, 0.1) is 16.7 Å². The average molecular weight is 149 g/mol. The van der Waals surface area contributed by atoms with Gasteiger partial charge in [0.2, 0.25) is 0 Å². The Bertz CT molecular complexity index is 170. The van der Waals surface area contributed by atoms with E-state index < -0.39 is 0 Å². The Morgan fingerprint density at radius 1 is 1.36 bits per heavy atom. The molecule has 1 rings (SSSR count). The number of hydrogen-bond acceptors (Lipinski definition) is 1. The molecule has 11 heavy (non-hydrogen) atoms. The van der Waals surface area contributed by atoms with Crippen LogP contribution in [0.15, 0.2) is 12.7 Å². The fourth-order valence-electron chi connectivity index (χ4n) is 1.87. The maximum absolute atomic E-state index is 8.97. The van der Waals surface area contributed by atoms with Gasteiger partial charge >= 0.3 is 0 Å². The normalized spacial score (nSPS) is 22.1. The largest absolute Gasteiger partial charge is 0.198 e. The molecule has 0 N–H and O–H groups in total. The van der Waals surface area contributed by atoms with Crippen molar-refractivity contribution in [2.75, 3.05) is 0 Å². The lowest BCUT2D eigenvalue weighted by atomic mass is 9.73. The molecule has 0 atom stereocenters. The van der Waals surface area contributed by atoms with Crippen molar-refractivity contribution >= 4 is 0 Å². The van der Waals surface area contributed by atoms with Crippen molar-refractivity contribution in [3.05, 3.63) is 12.7 Å². The van der Waals surface area contributed by atoms with Crippen molar-refractivity contribution in [2.45, 2.75) is 38.5 Å². The van der Waals surface area contributed by atoms with E-state index in [1.165, 1.54) is 19.3 Å². The Morgan fingerprint density at radius 2 is 2.00 bits per heavy atom. The molecule has 1 fully saturated rings. The monoisotopic (exact) mass is 149 g/mol. The molecule has 1 saturated carbocycles. The fourth-order valence-corrected chi connectivity index (χ4v) is 1.87. The highest BCUT2D eigenvalue weighted by Crippen LogP contribution is 2.38. The van der Waals surface area contributed by atoms with Gasteiger partial charge < -0.3 is 0 Å². The number of nitriles is 1. The quantitative estimate of drug-likeness (QED) is 0.553. The second-order valence-corrected chi connectivity index (χ2v) is 3.45. The van der Waals surface area contributed by atoms with Crippen molar-refractivity contribution in [1.29, 1.82) is 5.26 Å². The van der Waals surface area contributed by atoms with Crippen LogP contribution in [0.4, 0.5) is 0 Å². The first kappa shape index (κ1) is 8.33. The van der Waals surface area contributed by atoms with E-state index in [-0.39, 0.29) is 5.41 Å². The highest BCUT2D eigenvalue weighted by molar-refractivity contribution is 5.03. The van der Waals surface area contributed by atoms with E-state index in [0.29, 0.717) is 0 Å². The van der Waals surface area contributed by atoms with Gasteiger partial charge in [-0.15, -0.1) is 6.58 Å². The Kier molecular flexibility index (Phi) is 2.70. The van der Waals surface area contributed by atoms with Gasteiger partial charge in [-0.05, 0) is 19.3 Å². The molecule has 1 heteroatoms. The summed E-state index contributed by atoms with van der Waals surface area (Å²) in [7, 11) is 0. The summed E-state index contributed by atoms with van der Waals surface area (Å²) in [5, 5.41) is 8.97. The highest BCUT2D eigenvalue weighted by atomic mass is 14.4. The second kappa shape index (κ2) is 3.57. The number of allylic oxidation sites excluding steroid dienone is 1. The van der Waals surface area contributed by atoms with Crippen molar-refractivity contribution in [2.24, 2.45) is 5.41 Å². The first-order chi connectivity index (χ1) is 5.33. The standard InChI is InChI=1S/C10H15N/c1-2-6-10(9-11)7-4-3-5-8-10/h2H,1,3-8H2. The minimum atomic E-state index is -0.0417. The van der Waals surface area contributed by atoms with Crippen LogP contribution in [0.2, 0.25) is 0 Å². The zero-order valence-electron chi connectivity index (χ0n) is 6.97. The number of hydrogen-bond donors (Lipinski definition) is 0. The molecule has 60 valence electrons. The molecule has 0 unspecified atom stereocenters. The zero-order valence-corrected chi connectivity index (χ0v) is 6.97. The molecule has 0 amide bonds. The number of rotatable bonds is 2. The molecule has 0 bridgehead atoms. The van der Waals surface area contributed by atoms with Gasteiger partial charge in [-0.2, -0.15) is 5.26 Å². The Hall–Kier alpha value is -0.770. The van der Waals surface area contributed by atoms with Crippen LogP contribution in [0.25, 0.3) is 0 Å².